The van der Waals surface area contributed by atoms with E-state index < -0.39 is 11.7 Å². The van der Waals surface area contributed by atoms with Crippen LogP contribution >= 0.6 is 0 Å². The Morgan fingerprint density at radius 1 is 0.973 bits per heavy atom. The van der Waals surface area contributed by atoms with Crippen LogP contribution in [0.25, 0.3) is 0 Å². The van der Waals surface area contributed by atoms with E-state index in [1.54, 1.807) is 36.4 Å². The molecule has 4 rings (SSSR count). The first-order chi connectivity index (χ1) is 17.6. The number of amides is 1. The van der Waals surface area contributed by atoms with Gasteiger partial charge < -0.3 is 4.90 Å². The molecular formula is C30H32F4N2O. The van der Waals surface area contributed by atoms with Gasteiger partial charge >= 0.3 is 6.18 Å². The zero-order valence-electron chi connectivity index (χ0n) is 21.1. The standard InChI is InChI=1S/C30H32F4N2O/c1-21(2)16-36(29(37)22-9-4-3-5-10-22)19-25-18-35(17-24-11-6-7-14-28(24)31)20-27(25)23-12-8-13-26(15-23)30(32,33)34/h3-15,21,25,27H,16-20H2,1-2H3. The monoisotopic (exact) mass is 512 g/mol. The molecule has 0 N–H and O–H groups in total. The van der Waals surface area contributed by atoms with Gasteiger partial charge in [0.05, 0.1) is 5.56 Å². The van der Waals surface area contributed by atoms with Gasteiger partial charge in [-0.25, -0.2) is 4.39 Å². The van der Waals surface area contributed by atoms with Gasteiger partial charge in [0.25, 0.3) is 5.91 Å². The summed E-state index contributed by atoms with van der Waals surface area (Å²) in [5, 5.41) is 0. The van der Waals surface area contributed by atoms with Crippen LogP contribution in [0.4, 0.5) is 17.6 Å². The molecule has 7 heteroatoms. The number of halogens is 4. The van der Waals surface area contributed by atoms with Crippen molar-refractivity contribution in [1.29, 1.82) is 0 Å². The lowest BCUT2D eigenvalue weighted by molar-refractivity contribution is -0.137. The van der Waals surface area contributed by atoms with Crippen molar-refractivity contribution in [1.82, 2.24) is 9.80 Å². The molecular weight excluding hydrogens is 480 g/mol. The number of rotatable bonds is 8. The van der Waals surface area contributed by atoms with Crippen LogP contribution in [-0.4, -0.2) is 41.9 Å². The molecule has 0 aliphatic carbocycles. The van der Waals surface area contributed by atoms with Crippen molar-refractivity contribution in [2.45, 2.75) is 32.5 Å². The highest BCUT2D eigenvalue weighted by Crippen LogP contribution is 2.37. The number of hydrogen-bond acceptors (Lipinski definition) is 2. The molecule has 196 valence electrons. The van der Waals surface area contributed by atoms with Gasteiger partial charge in [-0.2, -0.15) is 13.2 Å². The fraction of sp³-hybridized carbons (Fsp3) is 0.367. The first-order valence-corrected chi connectivity index (χ1v) is 12.6. The van der Waals surface area contributed by atoms with Gasteiger partial charge in [0, 0.05) is 49.8 Å². The Balaban J connectivity index is 1.64. The van der Waals surface area contributed by atoms with E-state index >= 15 is 0 Å². The summed E-state index contributed by atoms with van der Waals surface area (Å²) >= 11 is 0. The van der Waals surface area contributed by atoms with Crippen LogP contribution < -0.4 is 0 Å². The van der Waals surface area contributed by atoms with Crippen molar-refractivity contribution in [3.63, 3.8) is 0 Å². The van der Waals surface area contributed by atoms with E-state index in [-0.39, 0.29) is 29.5 Å². The Morgan fingerprint density at radius 3 is 2.35 bits per heavy atom. The summed E-state index contributed by atoms with van der Waals surface area (Å²) in [7, 11) is 0. The SMILES string of the molecule is CC(C)CN(CC1CN(Cc2ccccc2F)CC1c1cccc(C(F)(F)F)c1)C(=O)c1ccccc1. The molecule has 0 spiro atoms. The molecule has 3 aromatic rings. The molecule has 3 aromatic carbocycles. The molecule has 1 fully saturated rings. The van der Waals surface area contributed by atoms with E-state index in [9.17, 15) is 22.4 Å². The largest absolute Gasteiger partial charge is 0.416 e. The van der Waals surface area contributed by atoms with Gasteiger partial charge in [-0.3, -0.25) is 9.69 Å². The Kier molecular flexibility index (Phi) is 8.32. The van der Waals surface area contributed by atoms with Gasteiger partial charge in [-0.1, -0.05) is 68.4 Å². The summed E-state index contributed by atoms with van der Waals surface area (Å²) < 4.78 is 54.9. The number of nitrogens with zero attached hydrogens (tertiary/aromatic N) is 2. The number of benzene rings is 3. The molecule has 1 amide bonds. The van der Waals surface area contributed by atoms with Crippen molar-refractivity contribution >= 4 is 5.91 Å². The topological polar surface area (TPSA) is 23.6 Å². The normalized spacial score (nSPS) is 18.4. The average molecular weight is 513 g/mol. The van der Waals surface area contributed by atoms with Crippen molar-refractivity contribution < 1.29 is 22.4 Å². The molecule has 1 heterocycles. The predicted molar refractivity (Wildman–Crippen MR) is 137 cm³/mol. The second-order valence-corrected chi connectivity index (χ2v) is 10.2. The number of alkyl halides is 3. The third-order valence-electron chi connectivity index (χ3n) is 6.86. The second kappa shape index (κ2) is 11.5. The number of carbonyl (C=O) groups is 1. The van der Waals surface area contributed by atoms with Crippen LogP contribution in [0.2, 0.25) is 0 Å². The maximum absolute atomic E-state index is 14.4. The molecule has 1 saturated heterocycles. The van der Waals surface area contributed by atoms with Crippen molar-refractivity contribution in [2.75, 3.05) is 26.2 Å². The summed E-state index contributed by atoms with van der Waals surface area (Å²) in [5.41, 5.74) is 1.04. The Hall–Kier alpha value is -3.19. The fourth-order valence-corrected chi connectivity index (χ4v) is 5.19. The molecule has 2 atom stereocenters. The van der Waals surface area contributed by atoms with E-state index in [0.29, 0.717) is 49.4 Å². The van der Waals surface area contributed by atoms with Crippen LogP contribution in [0.1, 0.15) is 46.8 Å². The molecule has 3 nitrogen and oxygen atoms in total. The number of likely N-dealkylation sites (tertiary alicyclic amines) is 1. The summed E-state index contributed by atoms with van der Waals surface area (Å²) in [6.45, 7) is 6.40. The lowest BCUT2D eigenvalue weighted by Gasteiger charge is -2.30. The van der Waals surface area contributed by atoms with Gasteiger partial charge in [0.15, 0.2) is 0 Å². The highest BCUT2D eigenvalue weighted by molar-refractivity contribution is 5.94. The molecule has 0 radical (unpaired) electrons. The third kappa shape index (κ3) is 6.77. The first kappa shape index (κ1) is 26.9. The van der Waals surface area contributed by atoms with Gasteiger partial charge in [-0.05, 0) is 41.7 Å². The van der Waals surface area contributed by atoms with Crippen molar-refractivity contribution in [3.05, 3.63) is 107 Å². The van der Waals surface area contributed by atoms with E-state index in [4.69, 9.17) is 0 Å². The Labute approximate surface area is 215 Å². The van der Waals surface area contributed by atoms with Crippen LogP contribution in [0.3, 0.4) is 0 Å². The van der Waals surface area contributed by atoms with Crippen molar-refractivity contribution in [3.8, 4) is 0 Å². The van der Waals surface area contributed by atoms with Gasteiger partial charge in [0.2, 0.25) is 0 Å². The zero-order chi connectivity index (χ0) is 26.6. The van der Waals surface area contributed by atoms with Gasteiger partial charge in [0.1, 0.15) is 5.82 Å². The molecule has 1 aliphatic rings. The number of carbonyl (C=O) groups excluding carboxylic acids is 1. The van der Waals surface area contributed by atoms with E-state index in [2.05, 4.69) is 4.90 Å². The molecule has 0 saturated carbocycles. The molecule has 2 unspecified atom stereocenters. The minimum atomic E-state index is -4.44. The lowest BCUT2D eigenvalue weighted by atomic mass is 9.87. The summed E-state index contributed by atoms with van der Waals surface area (Å²) in [4.78, 5) is 17.3. The van der Waals surface area contributed by atoms with Crippen LogP contribution in [0, 0.1) is 17.7 Å². The molecule has 0 aromatic heterocycles. The van der Waals surface area contributed by atoms with Crippen LogP contribution in [-0.2, 0) is 12.7 Å². The van der Waals surface area contributed by atoms with E-state index in [1.807, 2.05) is 36.9 Å². The highest BCUT2D eigenvalue weighted by Gasteiger charge is 2.38. The molecule has 1 aliphatic heterocycles. The van der Waals surface area contributed by atoms with Gasteiger partial charge in [-0.15, -0.1) is 0 Å². The smallest absolute Gasteiger partial charge is 0.338 e. The van der Waals surface area contributed by atoms with Crippen molar-refractivity contribution in [2.24, 2.45) is 11.8 Å². The lowest BCUT2D eigenvalue weighted by Crippen LogP contribution is -2.39. The summed E-state index contributed by atoms with van der Waals surface area (Å²) in [6.07, 6.45) is -4.44. The fourth-order valence-electron chi connectivity index (χ4n) is 5.19. The second-order valence-electron chi connectivity index (χ2n) is 10.2. The van der Waals surface area contributed by atoms with Crippen LogP contribution in [0.15, 0.2) is 78.9 Å². The molecule has 0 bridgehead atoms. The zero-order valence-corrected chi connectivity index (χ0v) is 21.1. The van der Waals surface area contributed by atoms with Crippen LogP contribution in [0.5, 0.6) is 0 Å². The third-order valence-corrected chi connectivity index (χ3v) is 6.86. The summed E-state index contributed by atoms with van der Waals surface area (Å²) in [6, 6.07) is 21.1. The first-order valence-electron chi connectivity index (χ1n) is 12.6. The minimum absolute atomic E-state index is 0.0929. The average Bonchev–Trinajstić information content (AvgIpc) is 3.26. The highest BCUT2D eigenvalue weighted by atomic mass is 19.4. The summed E-state index contributed by atoms with van der Waals surface area (Å²) in [5.74, 6) is -0.517. The maximum atomic E-state index is 14.4. The Bertz CT molecular complexity index is 1200. The Morgan fingerprint density at radius 2 is 1.68 bits per heavy atom. The minimum Gasteiger partial charge on any atom is -0.338 e. The predicted octanol–water partition coefficient (Wildman–Crippen LogP) is 6.86. The van der Waals surface area contributed by atoms with E-state index in [1.165, 1.54) is 18.2 Å². The van der Waals surface area contributed by atoms with E-state index in [0.717, 1.165) is 6.07 Å². The maximum Gasteiger partial charge on any atom is 0.416 e. The molecule has 37 heavy (non-hydrogen) atoms. The number of hydrogen-bond donors (Lipinski definition) is 0. The quantitative estimate of drug-likeness (QED) is 0.308.